The highest BCUT2D eigenvalue weighted by Gasteiger charge is 2.42. The topological polar surface area (TPSA) is 93.1 Å². The van der Waals surface area contributed by atoms with Crippen molar-refractivity contribution in [1.29, 1.82) is 0 Å². The fourth-order valence-corrected chi connectivity index (χ4v) is 5.71. The van der Waals surface area contributed by atoms with E-state index in [1.54, 1.807) is 36.6 Å². The molecule has 2 aliphatic heterocycles. The van der Waals surface area contributed by atoms with Crippen LogP contribution < -0.4 is 15.6 Å². The molecule has 0 spiro atoms. The highest BCUT2D eigenvalue weighted by atomic mass is 16.6. The van der Waals surface area contributed by atoms with Gasteiger partial charge < -0.3 is 24.3 Å². The quantitative estimate of drug-likeness (QED) is 0.601. The van der Waals surface area contributed by atoms with Crippen LogP contribution in [-0.2, 0) is 9.53 Å². The first-order valence-corrected chi connectivity index (χ1v) is 12.8. The van der Waals surface area contributed by atoms with Crippen molar-refractivity contribution >= 4 is 22.9 Å². The van der Waals surface area contributed by atoms with Crippen LogP contribution in [0.15, 0.2) is 35.1 Å². The number of para-hydroxylation sites is 1. The second-order valence-corrected chi connectivity index (χ2v) is 10.4. The van der Waals surface area contributed by atoms with Gasteiger partial charge in [-0.25, -0.2) is 4.79 Å². The van der Waals surface area contributed by atoms with Crippen molar-refractivity contribution in [2.24, 2.45) is 0 Å². The zero-order chi connectivity index (χ0) is 26.0. The molecule has 4 atom stereocenters. The molecule has 0 aliphatic carbocycles. The fourth-order valence-electron chi connectivity index (χ4n) is 5.71. The minimum atomic E-state index is -0.589. The standard InChI is InChI=1S/C27H38N4O5/c1-17(2)31-24-9-7-6-8-19(24)12-25(26(31)33)36-27(34)28-20-13-21-10-11-22(14-20)30(21)16-23(35-5)15-29(4)18(3)32/h6-9,12,17,20-23H,10-11,13-16H2,1-5H3,(H,28,34)/t20-,21-,22+,23?. The van der Waals surface area contributed by atoms with Gasteiger partial charge in [-0.3, -0.25) is 14.5 Å². The maximum absolute atomic E-state index is 13.1. The Hall–Kier alpha value is -2.91. The van der Waals surface area contributed by atoms with Crippen LogP contribution in [0.3, 0.4) is 0 Å². The van der Waals surface area contributed by atoms with Crippen molar-refractivity contribution in [1.82, 2.24) is 19.7 Å². The minimum absolute atomic E-state index is 0.0140. The SMILES string of the molecule is COC(CN(C)C(C)=O)CN1[C@@H]2CC[C@H]1C[C@H](NC(=O)Oc1cc3ccccc3n(C(C)C)c1=O)C2. The van der Waals surface area contributed by atoms with E-state index in [2.05, 4.69) is 10.2 Å². The third-order valence-electron chi connectivity index (χ3n) is 7.60. The van der Waals surface area contributed by atoms with Crippen molar-refractivity contribution in [2.45, 2.75) is 76.7 Å². The van der Waals surface area contributed by atoms with E-state index >= 15 is 0 Å². The monoisotopic (exact) mass is 498 g/mol. The van der Waals surface area contributed by atoms with Crippen LogP contribution in [0.4, 0.5) is 4.79 Å². The Morgan fingerprint density at radius 1 is 1.17 bits per heavy atom. The molecule has 1 aromatic heterocycles. The molecule has 9 heteroatoms. The van der Waals surface area contributed by atoms with Crippen LogP contribution >= 0.6 is 0 Å². The minimum Gasteiger partial charge on any atom is -0.404 e. The molecule has 2 aromatic rings. The van der Waals surface area contributed by atoms with Crippen molar-refractivity contribution in [3.63, 3.8) is 0 Å². The van der Waals surface area contributed by atoms with Gasteiger partial charge in [-0.1, -0.05) is 18.2 Å². The van der Waals surface area contributed by atoms with Crippen LogP contribution in [0.1, 0.15) is 52.5 Å². The number of pyridine rings is 1. The van der Waals surface area contributed by atoms with Gasteiger partial charge in [-0.15, -0.1) is 0 Å². The number of hydrogen-bond donors (Lipinski definition) is 1. The molecule has 3 heterocycles. The van der Waals surface area contributed by atoms with Gasteiger partial charge in [0.2, 0.25) is 5.91 Å². The number of rotatable bonds is 8. The lowest BCUT2D eigenvalue weighted by Crippen LogP contribution is -2.53. The number of piperidine rings is 1. The van der Waals surface area contributed by atoms with Gasteiger partial charge in [0, 0.05) is 63.7 Å². The van der Waals surface area contributed by atoms with E-state index in [1.165, 1.54) is 0 Å². The van der Waals surface area contributed by atoms with E-state index in [4.69, 9.17) is 9.47 Å². The molecule has 1 unspecified atom stereocenters. The number of carbonyl (C=O) groups excluding carboxylic acids is 2. The Morgan fingerprint density at radius 2 is 1.83 bits per heavy atom. The highest BCUT2D eigenvalue weighted by Crippen LogP contribution is 2.36. The molecule has 2 fully saturated rings. The number of ether oxygens (including phenoxy) is 2. The van der Waals surface area contributed by atoms with E-state index in [0.29, 0.717) is 18.6 Å². The second kappa shape index (κ2) is 11.0. The van der Waals surface area contributed by atoms with E-state index in [0.717, 1.165) is 43.1 Å². The third kappa shape index (κ3) is 5.57. The number of methoxy groups -OCH3 is 1. The molecule has 1 N–H and O–H groups in total. The number of nitrogens with one attached hydrogen (secondary N) is 1. The molecule has 9 nitrogen and oxygen atoms in total. The largest absolute Gasteiger partial charge is 0.413 e. The Balaban J connectivity index is 1.39. The molecule has 2 aliphatic rings. The molecule has 2 saturated heterocycles. The number of carbonyl (C=O) groups is 2. The first-order valence-electron chi connectivity index (χ1n) is 12.8. The number of benzene rings is 1. The summed E-state index contributed by atoms with van der Waals surface area (Å²) in [5.41, 5.74) is 0.507. The predicted molar refractivity (Wildman–Crippen MR) is 138 cm³/mol. The number of hydrogen-bond acceptors (Lipinski definition) is 6. The molecule has 4 rings (SSSR count). The maximum Gasteiger partial charge on any atom is 0.413 e. The van der Waals surface area contributed by atoms with Gasteiger partial charge in [0.05, 0.1) is 11.6 Å². The number of fused-ring (bicyclic) bond motifs is 3. The Morgan fingerprint density at radius 3 is 2.44 bits per heavy atom. The summed E-state index contributed by atoms with van der Waals surface area (Å²) in [5.74, 6) is 0.0610. The summed E-state index contributed by atoms with van der Waals surface area (Å²) in [6, 6.07) is 9.85. The normalized spacial score (nSPS) is 22.6. The number of amides is 2. The van der Waals surface area contributed by atoms with E-state index in [1.807, 2.05) is 38.1 Å². The van der Waals surface area contributed by atoms with E-state index in [9.17, 15) is 14.4 Å². The summed E-state index contributed by atoms with van der Waals surface area (Å²) >= 11 is 0. The molecule has 1 aromatic carbocycles. The summed E-state index contributed by atoms with van der Waals surface area (Å²) in [4.78, 5) is 41.7. The highest BCUT2D eigenvalue weighted by molar-refractivity contribution is 5.81. The van der Waals surface area contributed by atoms with Crippen LogP contribution in [-0.4, -0.2) is 77.8 Å². The maximum atomic E-state index is 13.1. The first-order chi connectivity index (χ1) is 17.2. The zero-order valence-corrected chi connectivity index (χ0v) is 21.9. The predicted octanol–water partition coefficient (Wildman–Crippen LogP) is 3.16. The van der Waals surface area contributed by atoms with Gasteiger partial charge in [0.15, 0.2) is 5.75 Å². The zero-order valence-electron chi connectivity index (χ0n) is 21.9. The van der Waals surface area contributed by atoms with Crippen molar-refractivity contribution in [2.75, 3.05) is 27.2 Å². The van der Waals surface area contributed by atoms with Gasteiger partial charge in [0.1, 0.15) is 0 Å². The van der Waals surface area contributed by atoms with Gasteiger partial charge >= 0.3 is 6.09 Å². The average Bonchev–Trinajstić information content (AvgIpc) is 3.05. The number of nitrogens with zero attached hydrogens (tertiary/aromatic N) is 3. The van der Waals surface area contributed by atoms with Crippen molar-refractivity contribution in [3.05, 3.63) is 40.7 Å². The first kappa shape index (κ1) is 26.2. The molecule has 36 heavy (non-hydrogen) atoms. The molecule has 0 radical (unpaired) electrons. The Bertz CT molecular complexity index is 1150. The molecule has 2 amide bonds. The number of aromatic nitrogens is 1. The molecule has 2 bridgehead atoms. The summed E-state index contributed by atoms with van der Waals surface area (Å²) in [7, 11) is 3.47. The van der Waals surface area contributed by atoms with Crippen molar-refractivity contribution in [3.8, 4) is 5.75 Å². The van der Waals surface area contributed by atoms with Crippen molar-refractivity contribution < 1.29 is 19.1 Å². The lowest BCUT2D eigenvalue weighted by Gasteiger charge is -2.40. The second-order valence-electron chi connectivity index (χ2n) is 10.4. The average molecular weight is 499 g/mol. The lowest BCUT2D eigenvalue weighted by molar-refractivity contribution is -0.129. The summed E-state index contributed by atoms with van der Waals surface area (Å²) in [6.07, 6.45) is 3.12. The van der Waals surface area contributed by atoms with Crippen LogP contribution in [0.2, 0.25) is 0 Å². The third-order valence-corrected chi connectivity index (χ3v) is 7.60. The van der Waals surface area contributed by atoms with Gasteiger partial charge in [-0.2, -0.15) is 0 Å². The van der Waals surface area contributed by atoms with E-state index < -0.39 is 6.09 Å². The molecular formula is C27H38N4O5. The van der Waals surface area contributed by atoms with E-state index in [-0.39, 0.29) is 35.4 Å². The Kier molecular flexibility index (Phi) is 8.00. The van der Waals surface area contributed by atoms with Crippen LogP contribution in [0, 0.1) is 0 Å². The summed E-state index contributed by atoms with van der Waals surface area (Å²) in [6.45, 7) is 6.74. The summed E-state index contributed by atoms with van der Waals surface area (Å²) in [5, 5.41) is 3.86. The van der Waals surface area contributed by atoms with Crippen LogP contribution in [0.5, 0.6) is 5.75 Å². The van der Waals surface area contributed by atoms with Gasteiger partial charge in [0.25, 0.3) is 5.56 Å². The smallest absolute Gasteiger partial charge is 0.404 e. The fraction of sp³-hybridized carbons (Fsp3) is 0.593. The molecule has 196 valence electrons. The molecular weight excluding hydrogens is 460 g/mol. The Labute approximate surface area is 212 Å². The lowest BCUT2D eigenvalue weighted by atomic mass is 9.97. The van der Waals surface area contributed by atoms with Gasteiger partial charge in [-0.05, 0) is 51.7 Å². The number of likely N-dealkylation sites (N-methyl/N-ethyl adjacent to an activating group) is 1. The van der Waals surface area contributed by atoms with Crippen LogP contribution in [0.25, 0.3) is 10.9 Å². The summed E-state index contributed by atoms with van der Waals surface area (Å²) < 4.78 is 12.9. The molecule has 0 saturated carbocycles.